The van der Waals surface area contributed by atoms with Crippen molar-refractivity contribution < 1.29 is 4.79 Å². The van der Waals surface area contributed by atoms with E-state index in [-0.39, 0.29) is 29.1 Å². The minimum Gasteiger partial charge on any atom is -0.350 e. The van der Waals surface area contributed by atoms with E-state index in [0.29, 0.717) is 12.1 Å². The van der Waals surface area contributed by atoms with Gasteiger partial charge in [-0.25, -0.2) is 4.68 Å². The van der Waals surface area contributed by atoms with Crippen LogP contribution in [0.3, 0.4) is 0 Å². The third-order valence-corrected chi connectivity index (χ3v) is 4.76. The molecule has 2 N–H and O–H groups in total. The van der Waals surface area contributed by atoms with Crippen molar-refractivity contribution in [3.05, 3.63) is 56.7 Å². The number of hydrogen-bond donors (Lipinski definition) is 2. The Hall–Kier alpha value is -2.90. The minimum absolute atomic E-state index is 0.0171. The molecule has 0 aromatic carbocycles. The summed E-state index contributed by atoms with van der Waals surface area (Å²) in [6, 6.07) is 6.23. The number of pyridine rings is 1. The van der Waals surface area contributed by atoms with Crippen LogP contribution in [0.4, 0.5) is 5.82 Å². The van der Waals surface area contributed by atoms with Crippen molar-refractivity contribution in [2.75, 3.05) is 18.0 Å². The van der Waals surface area contributed by atoms with Crippen LogP contribution in [-0.4, -0.2) is 39.8 Å². The Labute approximate surface area is 157 Å². The molecule has 8 nitrogen and oxygen atoms in total. The molecule has 0 bridgehead atoms. The Morgan fingerprint density at radius 3 is 2.85 bits per heavy atom. The summed E-state index contributed by atoms with van der Waals surface area (Å²) in [4.78, 5) is 40.3. The predicted molar refractivity (Wildman–Crippen MR) is 103 cm³/mol. The topological polar surface area (TPSA) is 100 Å². The van der Waals surface area contributed by atoms with E-state index < -0.39 is 0 Å². The van der Waals surface area contributed by atoms with E-state index in [0.717, 1.165) is 31.6 Å². The summed E-state index contributed by atoms with van der Waals surface area (Å²) in [6.07, 6.45) is 4.51. The van der Waals surface area contributed by atoms with Crippen LogP contribution in [0.2, 0.25) is 0 Å². The minimum atomic E-state index is -0.304. The number of H-pyrrole nitrogens is 1. The van der Waals surface area contributed by atoms with Crippen LogP contribution >= 0.6 is 0 Å². The first-order valence-electron chi connectivity index (χ1n) is 9.29. The predicted octanol–water partition coefficient (Wildman–Crippen LogP) is 1.30. The molecule has 1 aliphatic rings. The molecule has 1 atom stereocenters. The summed E-state index contributed by atoms with van der Waals surface area (Å²) in [5.41, 5.74) is -0.0837. The maximum atomic E-state index is 12.3. The van der Waals surface area contributed by atoms with Crippen LogP contribution in [0.15, 0.2) is 40.1 Å². The molecule has 0 aliphatic carbocycles. The fourth-order valence-electron chi connectivity index (χ4n) is 3.35. The van der Waals surface area contributed by atoms with Crippen molar-refractivity contribution in [2.45, 2.75) is 45.2 Å². The van der Waals surface area contributed by atoms with Gasteiger partial charge in [-0.2, -0.15) is 5.10 Å². The zero-order valence-electron chi connectivity index (χ0n) is 15.6. The van der Waals surface area contributed by atoms with Crippen molar-refractivity contribution in [1.29, 1.82) is 0 Å². The molecule has 1 unspecified atom stereocenters. The average Bonchev–Trinajstić information content (AvgIpc) is 2.66. The SMILES string of the molecule is CC(C)n1nc(N2CCCCC2CNC(=O)c2cc[nH]c(=O)c2)ccc1=O. The maximum Gasteiger partial charge on any atom is 0.267 e. The number of aromatic nitrogens is 3. The van der Waals surface area contributed by atoms with E-state index in [1.807, 2.05) is 13.8 Å². The summed E-state index contributed by atoms with van der Waals surface area (Å²) in [7, 11) is 0. The average molecular weight is 371 g/mol. The summed E-state index contributed by atoms with van der Waals surface area (Å²) in [6.45, 7) is 5.13. The van der Waals surface area contributed by atoms with E-state index in [1.165, 1.54) is 16.9 Å². The van der Waals surface area contributed by atoms with Gasteiger partial charge >= 0.3 is 0 Å². The highest BCUT2D eigenvalue weighted by Gasteiger charge is 2.25. The Balaban J connectivity index is 1.74. The van der Waals surface area contributed by atoms with Crippen LogP contribution in [0.25, 0.3) is 0 Å². The van der Waals surface area contributed by atoms with Crippen LogP contribution in [0, 0.1) is 0 Å². The van der Waals surface area contributed by atoms with Crippen molar-refractivity contribution in [3.8, 4) is 0 Å². The Morgan fingerprint density at radius 2 is 2.11 bits per heavy atom. The second kappa shape index (κ2) is 8.20. The van der Waals surface area contributed by atoms with E-state index in [9.17, 15) is 14.4 Å². The first kappa shape index (κ1) is 18.9. The quantitative estimate of drug-likeness (QED) is 0.825. The van der Waals surface area contributed by atoms with E-state index in [4.69, 9.17) is 0 Å². The lowest BCUT2D eigenvalue weighted by Crippen LogP contribution is -2.47. The molecule has 0 saturated carbocycles. The molecular formula is C19H25N5O3. The zero-order chi connectivity index (χ0) is 19.4. The third-order valence-electron chi connectivity index (χ3n) is 4.76. The largest absolute Gasteiger partial charge is 0.350 e. The second-order valence-corrected chi connectivity index (χ2v) is 7.06. The van der Waals surface area contributed by atoms with Crippen LogP contribution in [-0.2, 0) is 0 Å². The molecule has 144 valence electrons. The molecule has 27 heavy (non-hydrogen) atoms. The highest BCUT2D eigenvalue weighted by atomic mass is 16.2. The summed E-state index contributed by atoms with van der Waals surface area (Å²) in [5, 5.41) is 7.43. The highest BCUT2D eigenvalue weighted by Crippen LogP contribution is 2.22. The van der Waals surface area contributed by atoms with Gasteiger partial charge in [0.2, 0.25) is 5.56 Å². The molecule has 3 rings (SSSR count). The van der Waals surface area contributed by atoms with Crippen molar-refractivity contribution in [2.24, 2.45) is 0 Å². The number of anilines is 1. The Kier molecular flexibility index (Phi) is 5.73. The molecule has 1 aliphatic heterocycles. The maximum absolute atomic E-state index is 12.3. The second-order valence-electron chi connectivity index (χ2n) is 7.06. The van der Waals surface area contributed by atoms with Crippen molar-refractivity contribution in [1.82, 2.24) is 20.1 Å². The summed E-state index contributed by atoms with van der Waals surface area (Å²) < 4.78 is 1.48. The molecule has 0 radical (unpaired) electrons. The number of nitrogens with zero attached hydrogens (tertiary/aromatic N) is 3. The zero-order valence-corrected chi connectivity index (χ0v) is 15.6. The number of hydrogen-bond acceptors (Lipinski definition) is 5. The highest BCUT2D eigenvalue weighted by molar-refractivity contribution is 5.94. The fraction of sp³-hybridized carbons (Fsp3) is 0.474. The van der Waals surface area contributed by atoms with Crippen LogP contribution in [0.1, 0.15) is 49.5 Å². The van der Waals surface area contributed by atoms with Crippen molar-refractivity contribution in [3.63, 3.8) is 0 Å². The smallest absolute Gasteiger partial charge is 0.267 e. The van der Waals surface area contributed by atoms with E-state index >= 15 is 0 Å². The third kappa shape index (κ3) is 4.45. The standard InChI is InChI=1S/C19H25N5O3/c1-13(2)24-18(26)7-6-16(22-24)23-10-4-3-5-15(23)12-21-19(27)14-8-9-20-17(25)11-14/h6-9,11,13,15H,3-5,10,12H2,1-2H3,(H,20,25)(H,21,27). The number of amides is 1. The molecule has 1 saturated heterocycles. The Morgan fingerprint density at radius 1 is 1.30 bits per heavy atom. The number of rotatable bonds is 5. The van der Waals surface area contributed by atoms with Gasteiger partial charge in [-0.05, 0) is 45.2 Å². The number of carbonyl (C=O) groups is 1. The van der Waals surface area contributed by atoms with Gasteiger partial charge in [0.15, 0.2) is 0 Å². The first-order chi connectivity index (χ1) is 13.0. The summed E-state index contributed by atoms with van der Waals surface area (Å²) in [5.74, 6) is 0.477. The van der Waals surface area contributed by atoms with Gasteiger partial charge in [0.05, 0.1) is 6.04 Å². The van der Waals surface area contributed by atoms with E-state index in [2.05, 4.69) is 20.3 Å². The van der Waals surface area contributed by atoms with Gasteiger partial charge in [-0.15, -0.1) is 0 Å². The summed E-state index contributed by atoms with van der Waals surface area (Å²) >= 11 is 0. The molecule has 2 aromatic heterocycles. The fourth-order valence-corrected chi connectivity index (χ4v) is 3.35. The Bertz CT molecular complexity index is 918. The number of carbonyl (C=O) groups excluding carboxylic acids is 1. The van der Waals surface area contributed by atoms with Gasteiger partial charge in [0.25, 0.3) is 11.5 Å². The van der Waals surface area contributed by atoms with Gasteiger partial charge in [0, 0.05) is 43.0 Å². The van der Waals surface area contributed by atoms with E-state index in [1.54, 1.807) is 18.2 Å². The molecule has 3 heterocycles. The lowest BCUT2D eigenvalue weighted by Gasteiger charge is -2.37. The van der Waals surface area contributed by atoms with Gasteiger partial charge in [0.1, 0.15) is 5.82 Å². The van der Waals surface area contributed by atoms with Crippen LogP contribution < -0.4 is 21.3 Å². The lowest BCUT2D eigenvalue weighted by atomic mass is 10.0. The molecular weight excluding hydrogens is 346 g/mol. The van der Waals surface area contributed by atoms with Crippen LogP contribution in [0.5, 0.6) is 0 Å². The normalized spacial score (nSPS) is 17.1. The number of aromatic amines is 1. The number of piperidine rings is 1. The molecule has 1 fully saturated rings. The first-order valence-corrected chi connectivity index (χ1v) is 9.29. The lowest BCUT2D eigenvalue weighted by molar-refractivity contribution is 0.0949. The molecule has 8 heteroatoms. The monoisotopic (exact) mass is 371 g/mol. The van der Waals surface area contributed by atoms with Gasteiger partial charge in [-0.1, -0.05) is 0 Å². The van der Waals surface area contributed by atoms with Gasteiger partial charge < -0.3 is 15.2 Å². The number of nitrogens with one attached hydrogen (secondary N) is 2. The molecule has 0 spiro atoms. The molecule has 2 aromatic rings. The molecule has 1 amide bonds. The van der Waals surface area contributed by atoms with Gasteiger partial charge in [-0.3, -0.25) is 14.4 Å². The van der Waals surface area contributed by atoms with Crippen molar-refractivity contribution >= 4 is 11.7 Å².